The zero-order valence-corrected chi connectivity index (χ0v) is 4.31. The maximum atomic E-state index is 8.56. The first kappa shape index (κ1) is 22.5. The number of carbonyl (C=O) groups is 2. The van der Waals surface area contributed by atoms with Crippen molar-refractivity contribution in [3.63, 3.8) is 0 Å². The molecule has 0 radical (unpaired) electrons. The van der Waals surface area contributed by atoms with Gasteiger partial charge in [0, 0.05) is 0 Å². The standard InChI is InChI=1S/2CH2O3.K.H3N.H/c2*2-1(3)4;;;/h2*(H2,2,3,4);;1H3;. The van der Waals surface area contributed by atoms with E-state index in [-0.39, 0.29) is 57.5 Å². The van der Waals surface area contributed by atoms with Gasteiger partial charge in [0.1, 0.15) is 0 Å². The number of hydrogen-bond acceptors (Lipinski definition) is 3. The predicted molar refractivity (Wildman–Crippen MR) is 33.5 cm³/mol. The van der Waals surface area contributed by atoms with E-state index >= 15 is 0 Å². The van der Waals surface area contributed by atoms with E-state index in [1.807, 2.05) is 0 Å². The molecule has 0 atom stereocenters. The van der Waals surface area contributed by atoms with Crippen LogP contribution in [0.15, 0.2) is 0 Å². The summed E-state index contributed by atoms with van der Waals surface area (Å²) in [6.07, 6.45) is -3.67. The van der Waals surface area contributed by atoms with Crippen LogP contribution in [0.25, 0.3) is 0 Å². The van der Waals surface area contributed by atoms with E-state index in [0.717, 1.165) is 0 Å². The van der Waals surface area contributed by atoms with Gasteiger partial charge >= 0.3 is 63.7 Å². The third kappa shape index (κ3) is 22300. The topological polar surface area (TPSA) is 150 Å². The van der Waals surface area contributed by atoms with E-state index < -0.39 is 12.3 Å². The van der Waals surface area contributed by atoms with Gasteiger partial charge in [0.15, 0.2) is 0 Å². The molecule has 0 bridgehead atoms. The normalized spacial score (nSPS) is 4.80. The van der Waals surface area contributed by atoms with Gasteiger partial charge in [-0.25, -0.2) is 9.59 Å². The van der Waals surface area contributed by atoms with Gasteiger partial charge in [0.2, 0.25) is 0 Å². The third-order valence-corrected chi connectivity index (χ3v) is 0. The molecule has 0 spiro atoms. The molecule has 0 aliphatic carbocycles. The van der Waals surface area contributed by atoms with Gasteiger partial charge in [-0.1, -0.05) is 0 Å². The van der Waals surface area contributed by atoms with Crippen LogP contribution >= 0.6 is 0 Å². The zero-order chi connectivity index (χ0) is 7.15. The van der Waals surface area contributed by atoms with E-state index in [2.05, 4.69) is 0 Å². The first-order valence-corrected chi connectivity index (χ1v) is 1.30. The Kier molecular flexibility index (Phi) is 36.1. The number of rotatable bonds is 0. The molecule has 0 amide bonds. The van der Waals surface area contributed by atoms with Crippen LogP contribution in [-0.4, -0.2) is 84.1 Å². The average Bonchev–Trinajstić information content (AvgIpc) is 1.25. The molecule has 10 heavy (non-hydrogen) atoms. The van der Waals surface area contributed by atoms with Crippen molar-refractivity contribution < 1.29 is 30.0 Å². The summed E-state index contributed by atoms with van der Waals surface area (Å²) in [5.41, 5.74) is 0. The number of carboxylic acid groups (broad SMARTS) is 4. The van der Waals surface area contributed by atoms with E-state index in [4.69, 9.17) is 30.0 Å². The van der Waals surface area contributed by atoms with Crippen molar-refractivity contribution in [1.82, 2.24) is 6.15 Å². The molecule has 0 aromatic rings. The Balaban J connectivity index is -0.0000000300. The first-order chi connectivity index (χ1) is 3.46. The Labute approximate surface area is 98.7 Å². The summed E-state index contributed by atoms with van der Waals surface area (Å²) in [5.74, 6) is 0. The van der Waals surface area contributed by atoms with Crippen molar-refractivity contribution in [3.05, 3.63) is 0 Å². The molecule has 0 rings (SSSR count). The summed E-state index contributed by atoms with van der Waals surface area (Å²) in [4.78, 5) is 17.1. The van der Waals surface area contributed by atoms with Crippen molar-refractivity contribution >= 4 is 63.7 Å². The SMILES string of the molecule is N.O=C(O)O.O=C(O)O.[KH]. The Bertz CT molecular complexity index is 73.7. The molecular weight excluding hydrogens is 173 g/mol. The Hall–Kier alpha value is 0.136. The van der Waals surface area contributed by atoms with Crippen molar-refractivity contribution in [2.75, 3.05) is 0 Å². The molecule has 0 fully saturated rings. The van der Waals surface area contributed by atoms with Crippen LogP contribution in [0.4, 0.5) is 9.59 Å². The predicted octanol–water partition coefficient (Wildman–Crippen LogP) is -0.0417. The summed E-state index contributed by atoms with van der Waals surface area (Å²) >= 11 is 0. The third-order valence-electron chi connectivity index (χ3n) is 0. The summed E-state index contributed by atoms with van der Waals surface area (Å²) in [6, 6.07) is 0. The molecule has 0 heterocycles. The molecule has 0 saturated heterocycles. The van der Waals surface area contributed by atoms with Gasteiger partial charge in [0.25, 0.3) is 0 Å². The zero-order valence-electron chi connectivity index (χ0n) is 4.31. The summed E-state index contributed by atoms with van der Waals surface area (Å²) < 4.78 is 0. The van der Waals surface area contributed by atoms with Crippen LogP contribution in [0.3, 0.4) is 0 Å². The van der Waals surface area contributed by atoms with Gasteiger partial charge in [-0.15, -0.1) is 0 Å². The molecule has 7 N–H and O–H groups in total. The van der Waals surface area contributed by atoms with Gasteiger partial charge in [-0.3, -0.25) is 0 Å². The molecule has 0 unspecified atom stereocenters. The maximum absolute atomic E-state index is 8.56. The van der Waals surface area contributed by atoms with Crippen LogP contribution in [-0.2, 0) is 0 Å². The van der Waals surface area contributed by atoms with E-state index in [0.29, 0.717) is 0 Å². The fraction of sp³-hybridized carbons (Fsp3) is 0. The second-order valence-corrected chi connectivity index (χ2v) is 0.565. The van der Waals surface area contributed by atoms with E-state index in [9.17, 15) is 0 Å². The van der Waals surface area contributed by atoms with Crippen LogP contribution in [0.5, 0.6) is 0 Å². The quantitative estimate of drug-likeness (QED) is 0.329. The molecule has 0 saturated carbocycles. The van der Waals surface area contributed by atoms with Gasteiger partial charge in [-0.2, -0.15) is 0 Å². The minimum atomic E-state index is -1.83. The monoisotopic (exact) mass is 181 g/mol. The fourth-order valence-corrected chi connectivity index (χ4v) is 0. The van der Waals surface area contributed by atoms with Crippen molar-refractivity contribution in [1.29, 1.82) is 0 Å². The molecule has 58 valence electrons. The Morgan fingerprint density at radius 2 is 0.800 bits per heavy atom. The second kappa shape index (κ2) is 16.1. The van der Waals surface area contributed by atoms with Gasteiger partial charge in [-0.05, 0) is 0 Å². The minimum absolute atomic E-state index is 0. The van der Waals surface area contributed by atoms with Crippen LogP contribution in [0.1, 0.15) is 0 Å². The fourth-order valence-electron chi connectivity index (χ4n) is 0. The molecule has 7 nitrogen and oxygen atoms in total. The average molecular weight is 181 g/mol. The first-order valence-electron chi connectivity index (χ1n) is 1.30. The molecule has 0 aliphatic rings. The Morgan fingerprint density at radius 1 is 0.800 bits per heavy atom. The van der Waals surface area contributed by atoms with Crippen molar-refractivity contribution in [2.24, 2.45) is 0 Å². The molecular formula is C2H8KNO6. The number of hydrogen-bond donors (Lipinski definition) is 5. The summed E-state index contributed by atoms with van der Waals surface area (Å²) in [7, 11) is 0. The van der Waals surface area contributed by atoms with Gasteiger partial charge < -0.3 is 26.6 Å². The molecule has 0 aromatic carbocycles. The molecule has 8 heteroatoms. The summed E-state index contributed by atoms with van der Waals surface area (Å²) in [5, 5.41) is 27.9. The van der Waals surface area contributed by atoms with E-state index in [1.54, 1.807) is 0 Å². The van der Waals surface area contributed by atoms with E-state index in [1.165, 1.54) is 0 Å². The molecule has 0 aliphatic heterocycles. The van der Waals surface area contributed by atoms with Crippen LogP contribution in [0, 0.1) is 0 Å². The van der Waals surface area contributed by atoms with Crippen molar-refractivity contribution in [3.8, 4) is 0 Å². The summed E-state index contributed by atoms with van der Waals surface area (Å²) in [6.45, 7) is 0. The van der Waals surface area contributed by atoms with Crippen LogP contribution < -0.4 is 6.15 Å². The van der Waals surface area contributed by atoms with Crippen LogP contribution in [0.2, 0.25) is 0 Å². The second-order valence-electron chi connectivity index (χ2n) is 0.565. The van der Waals surface area contributed by atoms with Gasteiger partial charge in [0.05, 0.1) is 0 Å². The Morgan fingerprint density at radius 3 is 0.800 bits per heavy atom. The van der Waals surface area contributed by atoms with Crippen molar-refractivity contribution in [2.45, 2.75) is 0 Å². The molecule has 0 aromatic heterocycles.